The van der Waals surface area contributed by atoms with Gasteiger partial charge in [-0.2, -0.15) is 0 Å². The van der Waals surface area contributed by atoms with Gasteiger partial charge in [0.1, 0.15) is 5.75 Å². The third-order valence-electron chi connectivity index (χ3n) is 6.01. The lowest BCUT2D eigenvalue weighted by atomic mass is 9.90. The van der Waals surface area contributed by atoms with Gasteiger partial charge in [0.2, 0.25) is 0 Å². The smallest absolute Gasteiger partial charge is 0.256 e. The zero-order valence-corrected chi connectivity index (χ0v) is 16.4. The molecule has 0 radical (unpaired) electrons. The number of hydrogen-bond acceptors (Lipinski definition) is 4. The van der Waals surface area contributed by atoms with Gasteiger partial charge < -0.3 is 20.1 Å². The molecule has 2 fully saturated rings. The van der Waals surface area contributed by atoms with Crippen LogP contribution < -0.4 is 10.1 Å². The molecule has 1 atom stereocenters. The number of methoxy groups -OCH3 is 1. The molecule has 28 heavy (non-hydrogen) atoms. The summed E-state index contributed by atoms with van der Waals surface area (Å²) in [6.07, 6.45) is 3.37. The number of carbonyl (C=O) groups excluding carboxylic acids is 1. The van der Waals surface area contributed by atoms with E-state index in [9.17, 15) is 9.90 Å². The summed E-state index contributed by atoms with van der Waals surface area (Å²) < 4.78 is 5.27. The second-order valence-corrected chi connectivity index (χ2v) is 8.02. The van der Waals surface area contributed by atoms with Crippen LogP contribution in [-0.4, -0.2) is 41.7 Å². The predicted octanol–water partition coefficient (Wildman–Crippen LogP) is 2.83. The summed E-state index contributed by atoms with van der Waals surface area (Å²) in [5, 5.41) is 14.7. The molecule has 0 aromatic heterocycles. The summed E-state index contributed by atoms with van der Waals surface area (Å²) in [6.45, 7) is 1.44. The molecule has 1 amide bonds. The average Bonchev–Trinajstić information content (AvgIpc) is 3.52. The fourth-order valence-corrected chi connectivity index (χ4v) is 4.14. The lowest BCUT2D eigenvalue weighted by Gasteiger charge is -2.39. The van der Waals surface area contributed by atoms with E-state index in [4.69, 9.17) is 4.74 Å². The Morgan fingerprint density at radius 2 is 1.89 bits per heavy atom. The molecule has 2 aromatic carbocycles. The van der Waals surface area contributed by atoms with Gasteiger partial charge in [0.25, 0.3) is 5.91 Å². The van der Waals surface area contributed by atoms with Crippen molar-refractivity contribution in [1.82, 2.24) is 10.2 Å². The summed E-state index contributed by atoms with van der Waals surface area (Å²) in [6, 6.07) is 18.0. The Bertz CT molecular complexity index is 835. The second kappa shape index (κ2) is 7.57. The van der Waals surface area contributed by atoms with Gasteiger partial charge in [-0.05, 0) is 48.9 Å². The van der Waals surface area contributed by atoms with Crippen LogP contribution in [0.3, 0.4) is 0 Å². The van der Waals surface area contributed by atoms with E-state index in [1.807, 2.05) is 42.5 Å². The van der Waals surface area contributed by atoms with E-state index in [1.54, 1.807) is 12.0 Å². The van der Waals surface area contributed by atoms with Gasteiger partial charge >= 0.3 is 0 Å². The highest BCUT2D eigenvalue weighted by Crippen LogP contribution is 2.45. The number of carbonyl (C=O) groups is 1. The molecule has 5 nitrogen and oxygen atoms in total. The van der Waals surface area contributed by atoms with Crippen molar-refractivity contribution >= 4 is 5.91 Å². The molecule has 5 heteroatoms. The zero-order valence-electron chi connectivity index (χ0n) is 16.4. The van der Waals surface area contributed by atoms with Crippen molar-refractivity contribution < 1.29 is 14.6 Å². The summed E-state index contributed by atoms with van der Waals surface area (Å²) in [5.74, 6) is 0.593. The minimum atomic E-state index is -1.35. The standard InChI is InChI=1S/C23H28N2O3/c1-28-20-10-5-7-18(15-20)16-25-14-6-11-23(27,21(25)26)17-24-22(12-13-22)19-8-3-2-4-9-19/h2-5,7-10,15,24,27H,6,11-14,16-17H2,1H3/t23-/m1/s1. The molecule has 1 aliphatic carbocycles. The third-order valence-corrected chi connectivity index (χ3v) is 6.01. The quantitative estimate of drug-likeness (QED) is 0.775. The molecular weight excluding hydrogens is 352 g/mol. The van der Waals surface area contributed by atoms with E-state index in [0.29, 0.717) is 19.5 Å². The van der Waals surface area contributed by atoms with E-state index in [0.717, 1.165) is 30.6 Å². The Kier molecular flexibility index (Phi) is 5.13. The van der Waals surface area contributed by atoms with Gasteiger partial charge in [-0.3, -0.25) is 4.79 Å². The summed E-state index contributed by atoms with van der Waals surface area (Å²) >= 11 is 0. The molecule has 1 heterocycles. The molecular formula is C23H28N2O3. The van der Waals surface area contributed by atoms with Crippen molar-refractivity contribution in [3.05, 3.63) is 65.7 Å². The first-order valence-corrected chi connectivity index (χ1v) is 10.00. The molecule has 0 unspecified atom stereocenters. The largest absolute Gasteiger partial charge is 0.497 e. The number of amides is 1. The van der Waals surface area contributed by atoms with E-state index in [1.165, 1.54) is 5.56 Å². The number of ether oxygens (including phenoxy) is 1. The Balaban J connectivity index is 1.43. The molecule has 4 rings (SSSR count). The lowest BCUT2D eigenvalue weighted by molar-refractivity contribution is -0.157. The highest BCUT2D eigenvalue weighted by Gasteiger charge is 2.48. The Morgan fingerprint density at radius 3 is 2.61 bits per heavy atom. The predicted molar refractivity (Wildman–Crippen MR) is 108 cm³/mol. The lowest BCUT2D eigenvalue weighted by Crippen LogP contribution is -2.58. The van der Waals surface area contributed by atoms with Crippen LogP contribution in [0.25, 0.3) is 0 Å². The minimum Gasteiger partial charge on any atom is -0.497 e. The van der Waals surface area contributed by atoms with Crippen molar-refractivity contribution in [1.29, 1.82) is 0 Å². The monoisotopic (exact) mass is 380 g/mol. The fourth-order valence-electron chi connectivity index (χ4n) is 4.14. The van der Waals surface area contributed by atoms with Gasteiger partial charge in [-0.25, -0.2) is 0 Å². The van der Waals surface area contributed by atoms with Crippen molar-refractivity contribution in [3.63, 3.8) is 0 Å². The number of piperidine rings is 1. The maximum atomic E-state index is 13.1. The maximum absolute atomic E-state index is 13.1. The van der Waals surface area contributed by atoms with E-state index >= 15 is 0 Å². The molecule has 2 aliphatic rings. The molecule has 0 spiro atoms. The number of hydrogen-bond donors (Lipinski definition) is 2. The number of aliphatic hydroxyl groups is 1. The van der Waals surface area contributed by atoms with Crippen LogP contribution in [0.15, 0.2) is 54.6 Å². The SMILES string of the molecule is COc1cccc(CN2CCC[C@@](O)(CNC3(c4ccccc4)CC3)C2=O)c1. The highest BCUT2D eigenvalue weighted by atomic mass is 16.5. The van der Waals surface area contributed by atoms with E-state index in [2.05, 4.69) is 17.4 Å². The topological polar surface area (TPSA) is 61.8 Å². The fraction of sp³-hybridized carbons (Fsp3) is 0.435. The van der Waals surface area contributed by atoms with Crippen LogP contribution in [0.5, 0.6) is 5.75 Å². The van der Waals surface area contributed by atoms with Crippen molar-refractivity contribution in [2.75, 3.05) is 20.2 Å². The first kappa shape index (κ1) is 19.0. The first-order chi connectivity index (χ1) is 13.5. The highest BCUT2D eigenvalue weighted by molar-refractivity contribution is 5.86. The molecule has 1 saturated heterocycles. The summed E-state index contributed by atoms with van der Waals surface area (Å²) in [4.78, 5) is 14.9. The molecule has 1 aliphatic heterocycles. The first-order valence-electron chi connectivity index (χ1n) is 10.00. The average molecular weight is 380 g/mol. The van der Waals surface area contributed by atoms with Gasteiger partial charge in [-0.1, -0.05) is 42.5 Å². The number of nitrogens with zero attached hydrogens (tertiary/aromatic N) is 1. The molecule has 0 bridgehead atoms. The molecule has 2 aromatic rings. The third kappa shape index (κ3) is 3.77. The second-order valence-electron chi connectivity index (χ2n) is 8.02. The Hall–Kier alpha value is -2.37. The van der Waals surface area contributed by atoms with Gasteiger partial charge in [-0.15, -0.1) is 0 Å². The van der Waals surface area contributed by atoms with E-state index in [-0.39, 0.29) is 18.0 Å². The van der Waals surface area contributed by atoms with Gasteiger partial charge in [0, 0.05) is 25.2 Å². The zero-order chi connectivity index (χ0) is 19.6. The van der Waals surface area contributed by atoms with Crippen LogP contribution in [0.1, 0.15) is 36.8 Å². The van der Waals surface area contributed by atoms with Crippen LogP contribution in [0, 0.1) is 0 Å². The van der Waals surface area contributed by atoms with E-state index < -0.39 is 5.60 Å². The number of benzene rings is 2. The molecule has 1 saturated carbocycles. The Morgan fingerprint density at radius 1 is 1.11 bits per heavy atom. The minimum absolute atomic E-state index is 0.0909. The number of likely N-dealkylation sites (tertiary alicyclic amines) is 1. The Labute approximate surface area is 166 Å². The number of nitrogens with one attached hydrogen (secondary N) is 1. The van der Waals surface area contributed by atoms with Crippen LogP contribution >= 0.6 is 0 Å². The molecule has 148 valence electrons. The van der Waals surface area contributed by atoms with Crippen LogP contribution in [-0.2, 0) is 16.9 Å². The van der Waals surface area contributed by atoms with Crippen LogP contribution in [0.2, 0.25) is 0 Å². The number of rotatable bonds is 7. The van der Waals surface area contributed by atoms with Crippen molar-refractivity contribution in [3.8, 4) is 5.75 Å². The summed E-state index contributed by atoms with van der Waals surface area (Å²) in [5.41, 5.74) is 0.802. The van der Waals surface area contributed by atoms with Gasteiger partial charge in [0.15, 0.2) is 5.60 Å². The van der Waals surface area contributed by atoms with Gasteiger partial charge in [0.05, 0.1) is 7.11 Å². The molecule has 2 N–H and O–H groups in total. The van der Waals surface area contributed by atoms with Crippen molar-refractivity contribution in [2.24, 2.45) is 0 Å². The normalized spacial score (nSPS) is 23.5. The van der Waals surface area contributed by atoms with Crippen LogP contribution in [0.4, 0.5) is 0 Å². The summed E-state index contributed by atoms with van der Waals surface area (Å²) in [7, 11) is 1.63. The van der Waals surface area contributed by atoms with Crippen molar-refractivity contribution in [2.45, 2.75) is 43.4 Å². The maximum Gasteiger partial charge on any atom is 0.256 e.